The molecule has 0 atom stereocenters. The third kappa shape index (κ3) is 5.70. The van der Waals surface area contributed by atoms with Crippen molar-refractivity contribution in [3.05, 3.63) is 12.7 Å². The fourth-order valence-corrected chi connectivity index (χ4v) is 0.539. The van der Waals surface area contributed by atoms with Crippen LogP contribution in [-0.2, 0) is 18.8 Å². The van der Waals surface area contributed by atoms with E-state index in [-0.39, 0.29) is 12.8 Å². The summed E-state index contributed by atoms with van der Waals surface area (Å²) in [4.78, 5) is 0. The van der Waals surface area contributed by atoms with Crippen molar-refractivity contribution in [2.24, 2.45) is 0 Å². The van der Waals surface area contributed by atoms with Crippen LogP contribution in [0.2, 0.25) is 0 Å². The first-order valence-electron chi connectivity index (χ1n) is 2.18. The molecule has 0 bridgehead atoms. The predicted octanol–water partition coefficient (Wildman–Crippen LogP) is 0.242. The molecule has 0 unspecified atom stereocenters. The Morgan fingerprint density at radius 2 is 2.10 bits per heavy atom. The van der Waals surface area contributed by atoms with Crippen LogP contribution in [0.15, 0.2) is 12.7 Å². The van der Waals surface area contributed by atoms with E-state index in [9.17, 15) is 8.42 Å². The van der Waals surface area contributed by atoms with Gasteiger partial charge in [-0.2, -0.15) is 8.42 Å². The van der Waals surface area contributed by atoms with Crippen molar-refractivity contribution in [2.75, 3.05) is 13.7 Å². The van der Waals surface area contributed by atoms with Crippen LogP contribution in [0.1, 0.15) is 0 Å². The zero-order chi connectivity index (χ0) is 7.33. The molecule has 0 aromatic carbocycles. The number of hydrogen-bond acceptors (Lipinski definition) is 5. The zero-order valence-electron chi connectivity index (χ0n) is 5.74. The molecule has 0 aliphatic heterocycles. The zero-order valence-corrected chi connectivity index (χ0v) is 6.56. The third-order valence-corrected chi connectivity index (χ3v) is 1.37. The Kier molecular flexibility index (Phi) is 6.58. The van der Waals surface area contributed by atoms with E-state index in [1.54, 1.807) is 0 Å². The topological polar surface area (TPSA) is 87.6 Å². The van der Waals surface area contributed by atoms with Crippen molar-refractivity contribution in [3.63, 3.8) is 0 Å². The third-order valence-electron chi connectivity index (χ3n) is 0.534. The lowest BCUT2D eigenvalue weighted by atomic mass is 10.7. The molecule has 0 radical (unpaired) electrons. The van der Waals surface area contributed by atoms with Gasteiger partial charge in [-0.15, -0.1) is 6.58 Å². The highest BCUT2D eigenvalue weighted by molar-refractivity contribution is 7.81. The van der Waals surface area contributed by atoms with Crippen LogP contribution >= 0.6 is 0 Å². The molecule has 0 aromatic rings. The van der Waals surface area contributed by atoms with Crippen LogP contribution < -0.4 is 6.15 Å². The summed E-state index contributed by atoms with van der Waals surface area (Å²) in [6.45, 7) is 3.19. The molecule has 0 fully saturated rings. The standard InChI is InChI=1S/C4H8O4S.H3N/c1-3-4-8-9(5,6)7-2;/h3H,1,4H2,2H3;1H3. The lowest BCUT2D eigenvalue weighted by molar-refractivity contribution is 0.265. The molecule has 0 spiro atoms. The Balaban J connectivity index is 0. The van der Waals surface area contributed by atoms with Gasteiger partial charge in [-0.1, -0.05) is 6.08 Å². The van der Waals surface area contributed by atoms with Crippen LogP contribution in [0.4, 0.5) is 0 Å². The van der Waals surface area contributed by atoms with Crippen molar-refractivity contribution >= 4 is 10.4 Å². The number of hydrogen-bond donors (Lipinski definition) is 1. The monoisotopic (exact) mass is 169 g/mol. The van der Waals surface area contributed by atoms with Crippen LogP contribution in [0.25, 0.3) is 0 Å². The minimum absolute atomic E-state index is 0. The van der Waals surface area contributed by atoms with Gasteiger partial charge in [-0.3, -0.25) is 4.18 Å². The predicted molar refractivity (Wildman–Crippen MR) is 37.1 cm³/mol. The molecule has 6 heteroatoms. The fourth-order valence-electron chi connectivity index (χ4n) is 0.180. The van der Waals surface area contributed by atoms with Gasteiger partial charge < -0.3 is 6.15 Å². The van der Waals surface area contributed by atoms with Crippen LogP contribution in [-0.4, -0.2) is 22.1 Å². The highest BCUT2D eigenvalue weighted by Crippen LogP contribution is 1.91. The molecule has 0 saturated heterocycles. The van der Waals surface area contributed by atoms with Gasteiger partial charge >= 0.3 is 10.4 Å². The van der Waals surface area contributed by atoms with E-state index >= 15 is 0 Å². The molecule has 0 rings (SSSR count). The summed E-state index contributed by atoms with van der Waals surface area (Å²) >= 11 is 0. The van der Waals surface area contributed by atoms with Crippen molar-refractivity contribution in [1.82, 2.24) is 6.15 Å². The first kappa shape index (κ1) is 12.3. The van der Waals surface area contributed by atoms with Crippen LogP contribution in [0.3, 0.4) is 0 Å². The smallest absolute Gasteiger partial charge is 0.344 e. The largest absolute Gasteiger partial charge is 0.399 e. The summed E-state index contributed by atoms with van der Waals surface area (Å²) in [7, 11) is -2.73. The number of rotatable bonds is 4. The SMILES string of the molecule is C=CCOS(=O)(=O)OC.N. The lowest BCUT2D eigenvalue weighted by Gasteiger charge is -1.96. The van der Waals surface area contributed by atoms with Crippen molar-refractivity contribution < 1.29 is 16.8 Å². The van der Waals surface area contributed by atoms with Gasteiger partial charge in [-0.25, -0.2) is 4.18 Å². The van der Waals surface area contributed by atoms with Gasteiger partial charge in [0, 0.05) is 0 Å². The molecule has 0 aliphatic rings. The average molecular weight is 169 g/mol. The first-order chi connectivity index (χ1) is 4.12. The highest BCUT2D eigenvalue weighted by atomic mass is 32.3. The average Bonchev–Trinajstić information content (AvgIpc) is 1.84. The van der Waals surface area contributed by atoms with E-state index in [4.69, 9.17) is 0 Å². The Labute approximate surface area is 60.6 Å². The van der Waals surface area contributed by atoms with Gasteiger partial charge in [0.15, 0.2) is 0 Å². The maximum atomic E-state index is 10.3. The van der Waals surface area contributed by atoms with E-state index in [2.05, 4.69) is 14.9 Å². The lowest BCUT2D eigenvalue weighted by Crippen LogP contribution is -2.06. The molecule has 10 heavy (non-hydrogen) atoms. The van der Waals surface area contributed by atoms with E-state index in [0.717, 1.165) is 7.11 Å². The van der Waals surface area contributed by atoms with Crippen molar-refractivity contribution in [1.29, 1.82) is 0 Å². The van der Waals surface area contributed by atoms with E-state index < -0.39 is 10.4 Å². The fraction of sp³-hybridized carbons (Fsp3) is 0.500. The van der Waals surface area contributed by atoms with Crippen molar-refractivity contribution in [3.8, 4) is 0 Å². The van der Waals surface area contributed by atoms with Crippen LogP contribution in [0.5, 0.6) is 0 Å². The summed E-state index contributed by atoms with van der Waals surface area (Å²) in [6, 6.07) is 0. The maximum Gasteiger partial charge on any atom is 0.399 e. The summed E-state index contributed by atoms with van der Waals surface area (Å²) in [6.07, 6.45) is 1.32. The van der Waals surface area contributed by atoms with E-state index in [1.165, 1.54) is 6.08 Å². The molecule has 0 saturated carbocycles. The minimum Gasteiger partial charge on any atom is -0.344 e. The van der Waals surface area contributed by atoms with Gasteiger partial charge in [-0.05, 0) is 0 Å². The summed E-state index contributed by atoms with van der Waals surface area (Å²) in [5.74, 6) is 0. The molecule has 0 aliphatic carbocycles. The summed E-state index contributed by atoms with van der Waals surface area (Å²) in [5.41, 5.74) is 0. The summed E-state index contributed by atoms with van der Waals surface area (Å²) in [5, 5.41) is 0. The maximum absolute atomic E-state index is 10.3. The van der Waals surface area contributed by atoms with Crippen molar-refractivity contribution in [2.45, 2.75) is 0 Å². The Morgan fingerprint density at radius 3 is 2.40 bits per heavy atom. The molecule has 3 N–H and O–H groups in total. The molecule has 5 nitrogen and oxygen atoms in total. The summed E-state index contributed by atoms with van der Waals surface area (Å²) < 4.78 is 28.6. The quantitative estimate of drug-likeness (QED) is 0.609. The second-order valence-corrected chi connectivity index (χ2v) is 2.53. The van der Waals surface area contributed by atoms with Gasteiger partial charge in [0.1, 0.15) is 0 Å². The van der Waals surface area contributed by atoms with Gasteiger partial charge in [0.2, 0.25) is 0 Å². The van der Waals surface area contributed by atoms with Gasteiger partial charge in [0.05, 0.1) is 13.7 Å². The minimum atomic E-state index is -3.75. The Bertz CT molecular complexity index is 174. The Morgan fingerprint density at radius 1 is 1.60 bits per heavy atom. The molecule has 62 valence electrons. The first-order valence-corrected chi connectivity index (χ1v) is 3.51. The highest BCUT2D eigenvalue weighted by Gasteiger charge is 2.05. The van der Waals surface area contributed by atoms with Crippen LogP contribution in [0, 0.1) is 0 Å². The normalized spacial score (nSPS) is 10.1. The molecular formula is C4H11NO4S. The second kappa shape index (κ2) is 5.36. The van der Waals surface area contributed by atoms with Gasteiger partial charge in [0.25, 0.3) is 0 Å². The Hall–Kier alpha value is -0.430. The second-order valence-electron chi connectivity index (χ2n) is 1.15. The molecule has 0 aromatic heterocycles. The van der Waals surface area contributed by atoms with E-state index in [0.29, 0.717) is 0 Å². The van der Waals surface area contributed by atoms with E-state index in [1.807, 2.05) is 0 Å². The molecular weight excluding hydrogens is 158 g/mol. The molecule has 0 heterocycles. The molecule has 0 amide bonds.